The first-order chi connectivity index (χ1) is 14.5. The van der Waals surface area contributed by atoms with E-state index >= 15 is 0 Å². The van der Waals surface area contributed by atoms with Gasteiger partial charge in [-0.15, -0.1) is 0 Å². The van der Waals surface area contributed by atoms with Crippen molar-refractivity contribution in [2.45, 2.75) is 26.9 Å². The van der Waals surface area contributed by atoms with Crippen LogP contribution in [0.25, 0.3) is 0 Å². The Kier molecular flexibility index (Phi) is 7.67. The van der Waals surface area contributed by atoms with Gasteiger partial charge >= 0.3 is 0 Å². The smallest absolute Gasteiger partial charge is 0.255 e. The SMILES string of the molecule is CCNC(=NCc1cccc(OCC(N)=O)c1)N1CCN(Cc2cc(C)on2)CC1. The molecule has 1 aromatic heterocycles. The number of rotatable bonds is 8. The Bertz CT molecular complexity index is 858. The van der Waals surface area contributed by atoms with Crippen LogP contribution in [0.3, 0.4) is 0 Å². The minimum atomic E-state index is -0.495. The Morgan fingerprint density at radius 2 is 2.10 bits per heavy atom. The largest absolute Gasteiger partial charge is 0.484 e. The molecule has 0 saturated carbocycles. The third kappa shape index (κ3) is 6.48. The van der Waals surface area contributed by atoms with Gasteiger partial charge in [0.2, 0.25) is 0 Å². The van der Waals surface area contributed by atoms with Crippen molar-refractivity contribution in [3.05, 3.63) is 47.3 Å². The molecule has 0 atom stereocenters. The Hall–Kier alpha value is -3.07. The van der Waals surface area contributed by atoms with Crippen LogP contribution in [0.15, 0.2) is 39.8 Å². The van der Waals surface area contributed by atoms with Crippen LogP contribution in [0.5, 0.6) is 5.75 Å². The number of aliphatic imine (C=N–C) groups is 1. The van der Waals surface area contributed by atoms with Crippen LogP contribution in [-0.4, -0.2) is 66.2 Å². The fraction of sp³-hybridized carbons (Fsp3) is 0.476. The second-order valence-corrected chi connectivity index (χ2v) is 7.26. The number of aryl methyl sites for hydroxylation is 1. The van der Waals surface area contributed by atoms with E-state index < -0.39 is 5.91 Å². The molecule has 0 radical (unpaired) electrons. The number of benzene rings is 1. The highest BCUT2D eigenvalue weighted by Gasteiger charge is 2.20. The van der Waals surface area contributed by atoms with Crippen molar-refractivity contribution >= 4 is 11.9 Å². The zero-order chi connectivity index (χ0) is 21.3. The van der Waals surface area contributed by atoms with Crippen LogP contribution in [0.2, 0.25) is 0 Å². The topological polar surface area (TPSA) is 109 Å². The predicted octanol–water partition coefficient (Wildman–Crippen LogP) is 1.13. The standard InChI is InChI=1S/C21H30N6O3/c1-3-23-21(24-13-17-5-4-6-19(12-17)29-15-20(22)28)27-9-7-26(8-10-27)14-18-11-16(2)30-25-18/h4-6,11-12H,3,7-10,13-15H2,1-2H3,(H2,22,28)(H,23,24). The van der Waals surface area contributed by atoms with Crippen molar-refractivity contribution in [1.82, 2.24) is 20.3 Å². The highest BCUT2D eigenvalue weighted by molar-refractivity contribution is 5.80. The van der Waals surface area contributed by atoms with Crippen LogP contribution in [0.1, 0.15) is 23.9 Å². The van der Waals surface area contributed by atoms with E-state index in [-0.39, 0.29) is 6.61 Å². The zero-order valence-electron chi connectivity index (χ0n) is 17.6. The molecule has 0 bridgehead atoms. The molecule has 2 aromatic rings. The van der Waals surface area contributed by atoms with Gasteiger partial charge in [0.05, 0.1) is 12.2 Å². The summed E-state index contributed by atoms with van der Waals surface area (Å²) in [6.07, 6.45) is 0. The van der Waals surface area contributed by atoms with E-state index in [4.69, 9.17) is 20.0 Å². The molecule has 0 aliphatic carbocycles. The van der Waals surface area contributed by atoms with E-state index in [0.717, 1.165) is 62.2 Å². The fourth-order valence-corrected chi connectivity index (χ4v) is 3.32. The first kappa shape index (κ1) is 21.6. The summed E-state index contributed by atoms with van der Waals surface area (Å²) in [4.78, 5) is 20.3. The number of guanidine groups is 1. The van der Waals surface area contributed by atoms with Crippen LogP contribution in [-0.2, 0) is 17.9 Å². The van der Waals surface area contributed by atoms with Crippen molar-refractivity contribution in [3.63, 3.8) is 0 Å². The number of hydrogen-bond donors (Lipinski definition) is 2. The van der Waals surface area contributed by atoms with Crippen LogP contribution >= 0.6 is 0 Å². The lowest BCUT2D eigenvalue weighted by molar-refractivity contribution is -0.119. The number of carbonyl (C=O) groups excluding carboxylic acids is 1. The summed E-state index contributed by atoms with van der Waals surface area (Å²) in [7, 11) is 0. The average molecular weight is 415 g/mol. The maximum Gasteiger partial charge on any atom is 0.255 e. The molecule has 0 unspecified atom stereocenters. The number of carbonyl (C=O) groups is 1. The van der Waals surface area contributed by atoms with Gasteiger partial charge in [-0.1, -0.05) is 17.3 Å². The van der Waals surface area contributed by atoms with E-state index in [1.807, 2.05) is 31.2 Å². The van der Waals surface area contributed by atoms with Gasteiger partial charge in [-0.2, -0.15) is 0 Å². The molecule has 30 heavy (non-hydrogen) atoms. The number of nitrogens with two attached hydrogens (primary N) is 1. The third-order valence-electron chi connectivity index (χ3n) is 4.76. The molecule has 3 rings (SSSR count). The first-order valence-corrected chi connectivity index (χ1v) is 10.2. The van der Waals surface area contributed by atoms with Gasteiger partial charge in [0, 0.05) is 45.3 Å². The van der Waals surface area contributed by atoms with Gasteiger partial charge in [0.1, 0.15) is 11.5 Å². The van der Waals surface area contributed by atoms with Gasteiger partial charge in [-0.25, -0.2) is 4.99 Å². The number of ether oxygens (including phenoxy) is 1. The van der Waals surface area contributed by atoms with Crippen LogP contribution < -0.4 is 15.8 Å². The second-order valence-electron chi connectivity index (χ2n) is 7.26. The Labute approximate surface area is 176 Å². The summed E-state index contributed by atoms with van der Waals surface area (Å²) in [5.41, 5.74) is 7.11. The lowest BCUT2D eigenvalue weighted by Crippen LogP contribution is -2.52. The molecule has 162 valence electrons. The van der Waals surface area contributed by atoms with Crippen molar-refractivity contribution in [1.29, 1.82) is 0 Å². The number of amides is 1. The molecule has 1 saturated heterocycles. The first-order valence-electron chi connectivity index (χ1n) is 10.2. The second kappa shape index (κ2) is 10.6. The van der Waals surface area contributed by atoms with Crippen molar-refractivity contribution in [2.75, 3.05) is 39.3 Å². The Morgan fingerprint density at radius 3 is 2.77 bits per heavy atom. The molecule has 3 N–H and O–H groups in total. The average Bonchev–Trinajstić information content (AvgIpc) is 3.15. The number of nitrogens with one attached hydrogen (secondary N) is 1. The van der Waals surface area contributed by atoms with Gasteiger partial charge in [0.25, 0.3) is 5.91 Å². The number of primary amides is 1. The maximum atomic E-state index is 10.9. The molecule has 9 heteroatoms. The molecule has 9 nitrogen and oxygen atoms in total. The van der Waals surface area contributed by atoms with Gasteiger partial charge in [-0.3, -0.25) is 9.69 Å². The molecule has 0 spiro atoms. The third-order valence-corrected chi connectivity index (χ3v) is 4.76. The van der Waals surface area contributed by atoms with Gasteiger partial charge in [-0.05, 0) is 31.5 Å². The highest BCUT2D eigenvalue weighted by Crippen LogP contribution is 2.15. The summed E-state index contributed by atoms with van der Waals surface area (Å²) < 4.78 is 10.5. The van der Waals surface area contributed by atoms with Gasteiger partial charge in [0.15, 0.2) is 12.6 Å². The van der Waals surface area contributed by atoms with E-state index in [1.54, 1.807) is 6.07 Å². The van der Waals surface area contributed by atoms with E-state index in [0.29, 0.717) is 12.3 Å². The Balaban J connectivity index is 1.56. The summed E-state index contributed by atoms with van der Waals surface area (Å²) in [5.74, 6) is 1.86. The van der Waals surface area contributed by atoms with Crippen molar-refractivity contribution in [2.24, 2.45) is 10.7 Å². The molecule has 2 heterocycles. The number of nitrogens with zero attached hydrogens (tertiary/aromatic N) is 4. The van der Waals surface area contributed by atoms with E-state index in [1.165, 1.54) is 0 Å². The lowest BCUT2D eigenvalue weighted by atomic mass is 10.2. The van der Waals surface area contributed by atoms with Crippen LogP contribution in [0.4, 0.5) is 0 Å². The molecular weight excluding hydrogens is 384 g/mol. The predicted molar refractivity (Wildman–Crippen MR) is 114 cm³/mol. The summed E-state index contributed by atoms with van der Waals surface area (Å²) in [6.45, 7) is 9.64. The van der Waals surface area contributed by atoms with Gasteiger partial charge < -0.3 is 25.2 Å². The molecular formula is C21H30N6O3. The Morgan fingerprint density at radius 1 is 1.30 bits per heavy atom. The summed E-state index contributed by atoms with van der Waals surface area (Å²) in [6, 6.07) is 9.55. The quantitative estimate of drug-likeness (QED) is 0.492. The van der Waals surface area contributed by atoms with Crippen LogP contribution in [0, 0.1) is 6.92 Å². The number of aromatic nitrogens is 1. The van der Waals surface area contributed by atoms with E-state index in [9.17, 15) is 4.79 Å². The molecule has 1 amide bonds. The minimum Gasteiger partial charge on any atom is -0.484 e. The minimum absolute atomic E-state index is 0.131. The fourth-order valence-electron chi connectivity index (χ4n) is 3.32. The molecule has 1 aliphatic heterocycles. The molecule has 1 fully saturated rings. The van der Waals surface area contributed by atoms with E-state index in [2.05, 4.69) is 27.2 Å². The molecule has 1 aliphatic rings. The monoisotopic (exact) mass is 414 g/mol. The normalized spacial score (nSPS) is 15.3. The summed E-state index contributed by atoms with van der Waals surface area (Å²) >= 11 is 0. The highest BCUT2D eigenvalue weighted by atomic mass is 16.5. The number of piperazine rings is 1. The lowest BCUT2D eigenvalue weighted by Gasteiger charge is -2.36. The zero-order valence-corrected chi connectivity index (χ0v) is 17.6. The molecule has 1 aromatic carbocycles. The maximum absolute atomic E-state index is 10.9. The van der Waals surface area contributed by atoms with Crippen molar-refractivity contribution in [3.8, 4) is 5.75 Å². The number of hydrogen-bond acceptors (Lipinski definition) is 6. The van der Waals surface area contributed by atoms with Crippen molar-refractivity contribution < 1.29 is 14.1 Å². The summed E-state index contributed by atoms with van der Waals surface area (Å²) in [5, 5.41) is 7.47.